The van der Waals surface area contributed by atoms with E-state index in [4.69, 9.17) is 0 Å². The highest BCUT2D eigenvalue weighted by Crippen LogP contribution is 2.36. The van der Waals surface area contributed by atoms with Crippen molar-refractivity contribution in [1.29, 1.82) is 0 Å². The Kier molecular flexibility index (Phi) is 8.86. The van der Waals surface area contributed by atoms with Crippen molar-refractivity contribution >= 4 is 29.3 Å². The zero-order valence-corrected chi connectivity index (χ0v) is 22.4. The predicted octanol–water partition coefficient (Wildman–Crippen LogP) is 7.46. The van der Waals surface area contributed by atoms with Gasteiger partial charge >= 0.3 is 6.03 Å². The van der Waals surface area contributed by atoms with Crippen molar-refractivity contribution in [1.82, 2.24) is 4.90 Å². The van der Waals surface area contributed by atoms with E-state index in [0.29, 0.717) is 5.92 Å². The van der Waals surface area contributed by atoms with E-state index in [9.17, 15) is 9.59 Å². The minimum absolute atomic E-state index is 0.0153. The molecule has 1 atom stereocenters. The van der Waals surface area contributed by atoms with Crippen LogP contribution in [0.5, 0.6) is 0 Å². The van der Waals surface area contributed by atoms with Crippen LogP contribution in [-0.4, -0.2) is 34.0 Å². The second kappa shape index (κ2) is 11.4. The monoisotopic (exact) mass is 480 g/mol. The Bertz CT molecular complexity index is 998. The Morgan fingerprint density at radius 1 is 1.06 bits per heavy atom. The number of urea groups is 1. The molecule has 0 spiro atoms. The molecule has 2 amide bonds. The number of unbranched alkanes of at least 4 members (excludes halogenated alkanes) is 2. The summed E-state index contributed by atoms with van der Waals surface area (Å²) in [5.74, 6) is 0.646. The fraction of sp³-hybridized carbons (Fsp3) is 0.517. The third-order valence-electron chi connectivity index (χ3n) is 6.84. The van der Waals surface area contributed by atoms with Crippen molar-refractivity contribution in [2.45, 2.75) is 95.2 Å². The molecular formula is C29H40N2O2S. The van der Waals surface area contributed by atoms with Gasteiger partial charge in [0, 0.05) is 23.2 Å². The third kappa shape index (κ3) is 6.65. The van der Waals surface area contributed by atoms with E-state index in [2.05, 4.69) is 56.4 Å². The molecular weight excluding hydrogens is 440 g/mol. The molecule has 0 aromatic heterocycles. The molecule has 184 valence electrons. The van der Waals surface area contributed by atoms with Crippen molar-refractivity contribution in [2.75, 3.05) is 11.9 Å². The van der Waals surface area contributed by atoms with Crippen LogP contribution in [0.15, 0.2) is 47.4 Å². The van der Waals surface area contributed by atoms with Crippen LogP contribution in [0.1, 0.15) is 83.4 Å². The molecule has 0 fully saturated rings. The minimum Gasteiger partial charge on any atom is -0.321 e. The van der Waals surface area contributed by atoms with Crippen molar-refractivity contribution < 1.29 is 9.59 Å². The Hall–Kier alpha value is -2.27. The van der Waals surface area contributed by atoms with Crippen molar-refractivity contribution in [3.8, 4) is 0 Å². The largest absolute Gasteiger partial charge is 0.322 e. The van der Waals surface area contributed by atoms with Gasteiger partial charge in [-0.3, -0.25) is 4.79 Å². The number of benzene rings is 2. The zero-order valence-electron chi connectivity index (χ0n) is 21.6. The number of nitrogens with one attached hydrogen (secondary N) is 1. The van der Waals surface area contributed by atoms with Crippen molar-refractivity contribution in [3.05, 3.63) is 59.2 Å². The number of nitrogens with zero attached hydrogens (tertiary/aromatic N) is 1. The van der Waals surface area contributed by atoms with Gasteiger partial charge in [0.1, 0.15) is 5.78 Å². The summed E-state index contributed by atoms with van der Waals surface area (Å²) in [6.45, 7) is 12.9. The highest BCUT2D eigenvalue weighted by atomic mass is 32.2. The average Bonchev–Trinajstić information content (AvgIpc) is 3.19. The Labute approximate surface area is 209 Å². The van der Waals surface area contributed by atoms with Gasteiger partial charge in [0.2, 0.25) is 0 Å². The van der Waals surface area contributed by atoms with Crippen LogP contribution < -0.4 is 5.32 Å². The van der Waals surface area contributed by atoms with Crippen LogP contribution in [0.2, 0.25) is 0 Å². The number of ketones is 1. The van der Waals surface area contributed by atoms with Gasteiger partial charge in [-0.1, -0.05) is 51.8 Å². The fourth-order valence-electron chi connectivity index (χ4n) is 4.35. The summed E-state index contributed by atoms with van der Waals surface area (Å²) in [5.41, 5.74) is 4.72. The molecule has 1 N–H and O–H groups in total. The van der Waals surface area contributed by atoms with E-state index >= 15 is 0 Å². The number of hydrogen-bond acceptors (Lipinski definition) is 3. The molecule has 2 aromatic rings. The summed E-state index contributed by atoms with van der Waals surface area (Å²) in [4.78, 5) is 28.5. The maximum atomic E-state index is 13.4. The topological polar surface area (TPSA) is 49.4 Å². The van der Waals surface area contributed by atoms with Crippen molar-refractivity contribution in [2.24, 2.45) is 0 Å². The van der Waals surface area contributed by atoms with Crippen LogP contribution >= 0.6 is 11.8 Å². The number of hydrogen-bond donors (Lipinski definition) is 1. The molecule has 34 heavy (non-hydrogen) atoms. The van der Waals surface area contributed by atoms with Crippen LogP contribution in [0.3, 0.4) is 0 Å². The molecule has 3 rings (SSSR count). The summed E-state index contributed by atoms with van der Waals surface area (Å²) in [5, 5.41) is 3.14. The molecule has 5 heteroatoms. The SMILES string of the molecule is CCCCCN(C(=O)Nc1ccc(C(C)C)cc1)C1Cc2ccc(SC(C)(C)C(C)=O)cc2C1. The first kappa shape index (κ1) is 26.3. The summed E-state index contributed by atoms with van der Waals surface area (Å²) in [6.07, 6.45) is 4.99. The summed E-state index contributed by atoms with van der Waals surface area (Å²) in [6, 6.07) is 14.8. The van der Waals surface area contributed by atoms with E-state index < -0.39 is 4.75 Å². The normalized spacial score (nSPS) is 15.3. The van der Waals surface area contributed by atoms with Crippen LogP contribution in [-0.2, 0) is 17.6 Å². The number of fused-ring (bicyclic) bond motifs is 1. The summed E-state index contributed by atoms with van der Waals surface area (Å²) < 4.78 is -0.441. The molecule has 0 aliphatic heterocycles. The van der Waals surface area contributed by atoms with Crippen molar-refractivity contribution in [3.63, 3.8) is 0 Å². The standard InChI is InChI=1S/C29H40N2O2S/c1-7-8-9-16-31(28(33)30-25-13-10-22(11-14-25)20(2)3)26-17-23-12-15-27(19-24(23)18-26)34-29(5,6)21(4)32/h10-15,19-20,26H,7-9,16-18H2,1-6H3,(H,30,33). The van der Waals surface area contributed by atoms with Gasteiger partial charge in [0.15, 0.2) is 0 Å². The predicted molar refractivity (Wildman–Crippen MR) is 144 cm³/mol. The van der Waals surface area contributed by atoms with Gasteiger partial charge in [-0.2, -0.15) is 0 Å². The molecule has 1 aliphatic rings. The molecule has 0 saturated heterocycles. The quantitative estimate of drug-likeness (QED) is 0.283. The number of carbonyl (C=O) groups is 2. The molecule has 1 unspecified atom stereocenters. The summed E-state index contributed by atoms with van der Waals surface area (Å²) >= 11 is 1.62. The number of anilines is 1. The van der Waals surface area contributed by atoms with Gasteiger partial charge in [0.05, 0.1) is 4.75 Å². The minimum atomic E-state index is -0.441. The van der Waals surface area contributed by atoms with Gasteiger partial charge in [-0.25, -0.2) is 4.79 Å². The Morgan fingerprint density at radius 2 is 1.74 bits per heavy atom. The van der Waals surface area contributed by atoms with E-state index in [-0.39, 0.29) is 17.9 Å². The summed E-state index contributed by atoms with van der Waals surface area (Å²) in [7, 11) is 0. The molecule has 1 aliphatic carbocycles. The number of amides is 2. The molecule has 0 heterocycles. The maximum Gasteiger partial charge on any atom is 0.322 e. The lowest BCUT2D eigenvalue weighted by atomic mass is 10.0. The van der Waals surface area contributed by atoms with Gasteiger partial charge in [0.25, 0.3) is 0 Å². The Morgan fingerprint density at radius 3 is 2.35 bits per heavy atom. The number of Topliss-reactive ketones (excluding diaryl/α,β-unsaturated/α-hetero) is 1. The molecule has 0 saturated carbocycles. The van der Waals surface area contributed by atoms with Gasteiger partial charge < -0.3 is 10.2 Å². The van der Waals surface area contributed by atoms with E-state index in [1.165, 1.54) is 16.7 Å². The fourth-order valence-corrected chi connectivity index (χ4v) is 5.42. The van der Waals surface area contributed by atoms with E-state index in [0.717, 1.165) is 49.2 Å². The molecule has 0 bridgehead atoms. The first-order valence-electron chi connectivity index (χ1n) is 12.6. The number of carbonyl (C=O) groups excluding carboxylic acids is 2. The second-order valence-corrected chi connectivity index (χ2v) is 12.0. The van der Waals surface area contributed by atoms with E-state index in [1.54, 1.807) is 18.7 Å². The average molecular weight is 481 g/mol. The number of rotatable bonds is 10. The first-order valence-corrected chi connectivity index (χ1v) is 13.4. The maximum absolute atomic E-state index is 13.4. The lowest BCUT2D eigenvalue weighted by Gasteiger charge is -2.29. The number of thioether (sulfide) groups is 1. The lowest BCUT2D eigenvalue weighted by Crippen LogP contribution is -2.44. The highest BCUT2D eigenvalue weighted by Gasteiger charge is 2.31. The lowest BCUT2D eigenvalue weighted by molar-refractivity contribution is -0.118. The van der Waals surface area contributed by atoms with Crippen LogP contribution in [0.4, 0.5) is 10.5 Å². The highest BCUT2D eigenvalue weighted by molar-refractivity contribution is 8.01. The molecule has 0 radical (unpaired) electrons. The van der Waals surface area contributed by atoms with E-state index in [1.807, 2.05) is 30.9 Å². The first-order chi connectivity index (χ1) is 16.1. The van der Waals surface area contributed by atoms with Gasteiger partial charge in [-0.05, 0) is 86.9 Å². The second-order valence-electron chi connectivity index (χ2n) is 10.3. The zero-order chi connectivity index (χ0) is 24.9. The Balaban J connectivity index is 1.73. The van der Waals surface area contributed by atoms with Crippen LogP contribution in [0, 0.1) is 0 Å². The smallest absolute Gasteiger partial charge is 0.321 e. The third-order valence-corrected chi connectivity index (χ3v) is 8.13. The van der Waals surface area contributed by atoms with Crippen LogP contribution in [0.25, 0.3) is 0 Å². The molecule has 2 aromatic carbocycles. The van der Waals surface area contributed by atoms with Gasteiger partial charge in [-0.15, -0.1) is 11.8 Å². The molecule has 4 nitrogen and oxygen atoms in total.